The van der Waals surface area contributed by atoms with Gasteiger partial charge in [-0.25, -0.2) is 0 Å². The molecule has 0 aliphatic rings. The highest BCUT2D eigenvalue weighted by molar-refractivity contribution is 5.78. The second-order valence-corrected chi connectivity index (χ2v) is 3.29. The Kier molecular flexibility index (Phi) is 4.23. The van der Waals surface area contributed by atoms with E-state index in [2.05, 4.69) is 13.8 Å². The van der Waals surface area contributed by atoms with E-state index in [0.29, 0.717) is 12.4 Å². The average Bonchev–Trinajstić information content (AvgIpc) is 2.66. The Labute approximate surface area is 85.2 Å². The van der Waals surface area contributed by atoms with Gasteiger partial charge in [-0.15, -0.1) is 0 Å². The predicted molar refractivity (Wildman–Crippen MR) is 57.4 cm³/mol. The molecule has 0 saturated carbocycles. The SMILES string of the molecule is CCCC(=N)N(CC)Cc1ccco1. The van der Waals surface area contributed by atoms with Crippen LogP contribution in [0.4, 0.5) is 0 Å². The first-order valence-corrected chi connectivity index (χ1v) is 5.12. The fourth-order valence-corrected chi connectivity index (χ4v) is 1.38. The standard InChI is InChI=1S/C11H18N2O/c1-3-6-11(12)13(4-2)9-10-7-5-8-14-10/h5,7-8,12H,3-4,6,9H2,1-2H3. The van der Waals surface area contributed by atoms with Crippen molar-refractivity contribution in [2.45, 2.75) is 33.2 Å². The van der Waals surface area contributed by atoms with E-state index in [-0.39, 0.29) is 0 Å². The zero-order valence-electron chi connectivity index (χ0n) is 8.92. The van der Waals surface area contributed by atoms with Gasteiger partial charge in [0, 0.05) is 13.0 Å². The second-order valence-electron chi connectivity index (χ2n) is 3.29. The Morgan fingerprint density at radius 3 is 2.79 bits per heavy atom. The molecule has 0 radical (unpaired) electrons. The van der Waals surface area contributed by atoms with Crippen molar-refractivity contribution < 1.29 is 4.42 Å². The largest absolute Gasteiger partial charge is 0.467 e. The van der Waals surface area contributed by atoms with Crippen LogP contribution >= 0.6 is 0 Å². The monoisotopic (exact) mass is 194 g/mol. The maximum Gasteiger partial charge on any atom is 0.123 e. The molecule has 1 aromatic rings. The molecule has 1 aromatic heterocycles. The van der Waals surface area contributed by atoms with Crippen LogP contribution in [0.25, 0.3) is 0 Å². The van der Waals surface area contributed by atoms with Crippen molar-refractivity contribution >= 4 is 5.84 Å². The molecule has 1 rings (SSSR count). The van der Waals surface area contributed by atoms with Crippen LogP contribution in [-0.4, -0.2) is 17.3 Å². The molecule has 0 aliphatic carbocycles. The molecule has 0 aromatic carbocycles. The van der Waals surface area contributed by atoms with Gasteiger partial charge in [0.15, 0.2) is 0 Å². The minimum atomic E-state index is 0.700. The first kappa shape index (κ1) is 10.8. The molecule has 0 saturated heterocycles. The topological polar surface area (TPSA) is 40.2 Å². The van der Waals surface area contributed by atoms with Crippen LogP contribution < -0.4 is 0 Å². The summed E-state index contributed by atoms with van der Waals surface area (Å²) in [5.41, 5.74) is 0. The Bertz CT molecular complexity index is 267. The molecular formula is C11H18N2O. The maximum atomic E-state index is 7.83. The third-order valence-electron chi connectivity index (χ3n) is 2.18. The Balaban J connectivity index is 2.50. The fraction of sp³-hybridized carbons (Fsp3) is 0.545. The van der Waals surface area contributed by atoms with Gasteiger partial charge in [0.2, 0.25) is 0 Å². The molecule has 0 spiro atoms. The number of hydrogen-bond acceptors (Lipinski definition) is 2. The molecule has 3 heteroatoms. The third kappa shape index (κ3) is 2.91. The van der Waals surface area contributed by atoms with Gasteiger partial charge in [0.25, 0.3) is 0 Å². The molecule has 0 aliphatic heterocycles. The normalized spacial score (nSPS) is 10.1. The summed E-state index contributed by atoms with van der Waals surface area (Å²) in [6.07, 6.45) is 3.54. The van der Waals surface area contributed by atoms with Gasteiger partial charge in [0.1, 0.15) is 5.76 Å². The number of hydrogen-bond donors (Lipinski definition) is 1. The number of amidine groups is 1. The van der Waals surface area contributed by atoms with Crippen molar-refractivity contribution in [3.63, 3.8) is 0 Å². The summed E-state index contributed by atoms with van der Waals surface area (Å²) in [7, 11) is 0. The Morgan fingerprint density at radius 1 is 1.50 bits per heavy atom. The van der Waals surface area contributed by atoms with E-state index in [4.69, 9.17) is 9.83 Å². The summed E-state index contributed by atoms with van der Waals surface area (Å²) >= 11 is 0. The van der Waals surface area contributed by atoms with Crippen LogP contribution in [0.5, 0.6) is 0 Å². The molecule has 78 valence electrons. The summed E-state index contributed by atoms with van der Waals surface area (Å²) in [5, 5.41) is 7.83. The van der Waals surface area contributed by atoms with Crippen LogP contribution in [0.2, 0.25) is 0 Å². The highest BCUT2D eigenvalue weighted by Gasteiger charge is 2.08. The van der Waals surface area contributed by atoms with E-state index in [1.807, 2.05) is 17.0 Å². The van der Waals surface area contributed by atoms with Gasteiger partial charge in [-0.05, 0) is 25.5 Å². The van der Waals surface area contributed by atoms with Crippen LogP contribution in [0.3, 0.4) is 0 Å². The maximum absolute atomic E-state index is 7.83. The van der Waals surface area contributed by atoms with Gasteiger partial charge in [-0.1, -0.05) is 6.92 Å². The van der Waals surface area contributed by atoms with E-state index in [1.54, 1.807) is 6.26 Å². The highest BCUT2D eigenvalue weighted by Crippen LogP contribution is 2.07. The minimum Gasteiger partial charge on any atom is -0.467 e. The van der Waals surface area contributed by atoms with Crippen molar-refractivity contribution in [2.24, 2.45) is 0 Å². The zero-order valence-corrected chi connectivity index (χ0v) is 8.92. The highest BCUT2D eigenvalue weighted by atomic mass is 16.3. The summed E-state index contributed by atoms with van der Waals surface area (Å²) in [5.74, 6) is 1.62. The van der Waals surface area contributed by atoms with Crippen molar-refractivity contribution in [3.05, 3.63) is 24.2 Å². The fourth-order valence-electron chi connectivity index (χ4n) is 1.38. The average molecular weight is 194 g/mol. The Hall–Kier alpha value is -1.25. The van der Waals surface area contributed by atoms with Gasteiger partial charge in [-0.2, -0.15) is 0 Å². The number of nitrogens with zero attached hydrogens (tertiary/aromatic N) is 1. The second kappa shape index (κ2) is 5.47. The summed E-state index contributed by atoms with van der Waals surface area (Å²) in [6.45, 7) is 5.73. The van der Waals surface area contributed by atoms with Crippen molar-refractivity contribution in [3.8, 4) is 0 Å². The quantitative estimate of drug-likeness (QED) is 0.578. The van der Waals surface area contributed by atoms with Crippen LogP contribution in [0, 0.1) is 5.41 Å². The van der Waals surface area contributed by atoms with Crippen LogP contribution in [-0.2, 0) is 6.54 Å². The molecule has 14 heavy (non-hydrogen) atoms. The van der Waals surface area contributed by atoms with E-state index >= 15 is 0 Å². The molecule has 1 heterocycles. The molecule has 3 nitrogen and oxygen atoms in total. The summed E-state index contributed by atoms with van der Waals surface area (Å²) in [4.78, 5) is 2.03. The van der Waals surface area contributed by atoms with Crippen LogP contribution in [0.15, 0.2) is 22.8 Å². The first-order chi connectivity index (χ1) is 6.77. The van der Waals surface area contributed by atoms with Gasteiger partial charge >= 0.3 is 0 Å². The molecular weight excluding hydrogens is 176 g/mol. The molecule has 1 N–H and O–H groups in total. The van der Waals surface area contributed by atoms with E-state index in [1.165, 1.54) is 0 Å². The third-order valence-corrected chi connectivity index (χ3v) is 2.18. The predicted octanol–water partition coefficient (Wildman–Crippen LogP) is 2.88. The van der Waals surface area contributed by atoms with Gasteiger partial charge in [-0.3, -0.25) is 5.41 Å². The number of nitrogens with one attached hydrogen (secondary N) is 1. The van der Waals surface area contributed by atoms with Crippen molar-refractivity contribution in [1.29, 1.82) is 5.41 Å². The van der Waals surface area contributed by atoms with Crippen molar-refractivity contribution in [1.82, 2.24) is 4.90 Å². The molecule has 0 bridgehead atoms. The summed E-state index contributed by atoms with van der Waals surface area (Å²) in [6, 6.07) is 3.83. The smallest absolute Gasteiger partial charge is 0.123 e. The lowest BCUT2D eigenvalue weighted by atomic mass is 10.2. The van der Waals surface area contributed by atoms with Gasteiger partial charge < -0.3 is 9.32 Å². The molecule has 0 atom stereocenters. The first-order valence-electron chi connectivity index (χ1n) is 5.12. The minimum absolute atomic E-state index is 0.700. The zero-order chi connectivity index (χ0) is 10.4. The molecule has 0 unspecified atom stereocenters. The lowest BCUT2D eigenvalue weighted by Gasteiger charge is -2.22. The van der Waals surface area contributed by atoms with E-state index in [0.717, 1.165) is 25.1 Å². The molecule has 0 amide bonds. The summed E-state index contributed by atoms with van der Waals surface area (Å²) < 4.78 is 5.26. The number of furan rings is 1. The Morgan fingerprint density at radius 2 is 2.29 bits per heavy atom. The van der Waals surface area contributed by atoms with E-state index < -0.39 is 0 Å². The van der Waals surface area contributed by atoms with E-state index in [9.17, 15) is 0 Å². The molecule has 0 fully saturated rings. The van der Waals surface area contributed by atoms with Crippen LogP contribution in [0.1, 0.15) is 32.4 Å². The lowest BCUT2D eigenvalue weighted by molar-refractivity contribution is 0.367. The van der Waals surface area contributed by atoms with Gasteiger partial charge in [0.05, 0.1) is 18.6 Å². The number of rotatable bonds is 5. The van der Waals surface area contributed by atoms with Crippen molar-refractivity contribution in [2.75, 3.05) is 6.54 Å². The lowest BCUT2D eigenvalue weighted by Crippen LogP contribution is -2.29.